The van der Waals surface area contributed by atoms with Crippen LogP contribution in [0.25, 0.3) is 11.0 Å². The van der Waals surface area contributed by atoms with Gasteiger partial charge in [-0.3, -0.25) is 0 Å². The number of para-hydroxylation sites is 2. The largest absolute Gasteiger partial charge is 0.452 e. The van der Waals surface area contributed by atoms with Crippen molar-refractivity contribution in [2.45, 2.75) is 12.5 Å². The summed E-state index contributed by atoms with van der Waals surface area (Å²) in [7, 11) is 1.95. The van der Waals surface area contributed by atoms with Crippen LogP contribution in [0.2, 0.25) is 0 Å². The number of nitrogens with zero attached hydrogens (tertiary/aromatic N) is 2. The third-order valence-electron chi connectivity index (χ3n) is 3.18. The molecule has 98 valence electrons. The number of benzene rings is 1. The molecule has 0 aliphatic rings. The maximum absolute atomic E-state index is 10.2. The van der Waals surface area contributed by atoms with E-state index in [0.717, 1.165) is 16.9 Å². The third kappa shape index (κ3) is 2.31. The highest BCUT2D eigenvalue weighted by Gasteiger charge is 2.16. The van der Waals surface area contributed by atoms with E-state index in [1.165, 1.54) is 0 Å². The summed E-state index contributed by atoms with van der Waals surface area (Å²) in [4.78, 5) is 4.53. The van der Waals surface area contributed by atoms with Gasteiger partial charge in [-0.25, -0.2) is 4.98 Å². The van der Waals surface area contributed by atoms with Gasteiger partial charge < -0.3 is 14.1 Å². The lowest BCUT2D eigenvalue weighted by atomic mass is 10.2. The average Bonchev–Trinajstić information content (AvgIpc) is 2.96. The number of aliphatic hydroxyl groups excluding tert-OH is 1. The van der Waals surface area contributed by atoms with Gasteiger partial charge >= 0.3 is 0 Å². The van der Waals surface area contributed by atoms with Crippen molar-refractivity contribution in [2.75, 3.05) is 0 Å². The van der Waals surface area contributed by atoms with Crippen molar-refractivity contribution in [3.63, 3.8) is 0 Å². The number of halogens is 1. The van der Waals surface area contributed by atoms with Gasteiger partial charge in [0.05, 0.1) is 11.0 Å². The van der Waals surface area contributed by atoms with Crippen molar-refractivity contribution in [1.29, 1.82) is 0 Å². The van der Waals surface area contributed by atoms with Crippen LogP contribution < -0.4 is 0 Å². The molecule has 0 radical (unpaired) electrons. The Labute approximate surface area is 118 Å². The second-order valence-corrected chi connectivity index (χ2v) is 5.22. The maximum atomic E-state index is 10.2. The minimum Gasteiger partial charge on any atom is -0.452 e. The third-order valence-corrected chi connectivity index (χ3v) is 3.60. The van der Waals surface area contributed by atoms with E-state index in [0.29, 0.717) is 16.9 Å². The van der Waals surface area contributed by atoms with Crippen molar-refractivity contribution in [3.05, 3.63) is 52.7 Å². The first-order valence-electron chi connectivity index (χ1n) is 5.99. The molecule has 1 atom stereocenters. The Kier molecular flexibility index (Phi) is 3.16. The van der Waals surface area contributed by atoms with Crippen LogP contribution in [0.3, 0.4) is 0 Å². The van der Waals surface area contributed by atoms with Crippen LogP contribution in [-0.2, 0) is 13.5 Å². The summed E-state index contributed by atoms with van der Waals surface area (Å²) >= 11 is 3.23. The number of furan rings is 1. The van der Waals surface area contributed by atoms with E-state index in [9.17, 15) is 5.11 Å². The second-order valence-electron chi connectivity index (χ2n) is 4.44. The molecule has 19 heavy (non-hydrogen) atoms. The number of hydrogen-bond acceptors (Lipinski definition) is 3. The molecule has 3 aromatic rings. The molecular formula is C14H13BrN2O2. The molecule has 0 spiro atoms. The molecule has 4 nitrogen and oxygen atoms in total. The van der Waals surface area contributed by atoms with Gasteiger partial charge in [0.25, 0.3) is 0 Å². The Bertz CT molecular complexity index is 717. The molecule has 2 heterocycles. The van der Waals surface area contributed by atoms with Crippen molar-refractivity contribution >= 4 is 27.0 Å². The molecule has 0 bridgehead atoms. The molecule has 1 aromatic carbocycles. The number of imidazole rings is 1. The van der Waals surface area contributed by atoms with Gasteiger partial charge in [0.1, 0.15) is 17.7 Å². The lowest BCUT2D eigenvalue weighted by Crippen LogP contribution is -2.06. The van der Waals surface area contributed by atoms with Gasteiger partial charge in [-0.1, -0.05) is 12.1 Å². The molecule has 0 aliphatic heterocycles. The Hall–Kier alpha value is -1.59. The van der Waals surface area contributed by atoms with Crippen LogP contribution in [0.15, 0.2) is 45.5 Å². The molecule has 0 saturated heterocycles. The summed E-state index contributed by atoms with van der Waals surface area (Å²) in [5.74, 6) is 1.38. The Morgan fingerprint density at radius 1 is 1.32 bits per heavy atom. The monoisotopic (exact) mass is 320 g/mol. The Morgan fingerprint density at radius 2 is 2.11 bits per heavy atom. The zero-order valence-electron chi connectivity index (χ0n) is 10.4. The fraction of sp³-hybridized carbons (Fsp3) is 0.214. The predicted octanol–water partition coefficient (Wildman–Crippen LogP) is 3.20. The summed E-state index contributed by atoms with van der Waals surface area (Å²) < 4.78 is 7.97. The molecule has 0 amide bonds. The first kappa shape index (κ1) is 12.4. The number of fused-ring (bicyclic) bond motifs is 1. The van der Waals surface area contributed by atoms with E-state index in [2.05, 4.69) is 20.9 Å². The number of hydrogen-bond donors (Lipinski definition) is 1. The first-order chi connectivity index (χ1) is 9.15. The Balaban J connectivity index is 1.91. The van der Waals surface area contributed by atoms with Gasteiger partial charge in [0.2, 0.25) is 0 Å². The molecule has 1 N–H and O–H groups in total. The molecule has 1 unspecified atom stereocenters. The molecule has 3 rings (SSSR count). The van der Waals surface area contributed by atoms with Gasteiger partial charge in [-0.2, -0.15) is 0 Å². The zero-order chi connectivity index (χ0) is 13.4. The standard InChI is InChI=1S/C14H13BrN2O2/c1-17-10-5-3-2-4-9(10)16-14(17)8-11(18)12-6-7-13(15)19-12/h2-7,11,18H,8H2,1H3. The van der Waals surface area contributed by atoms with E-state index in [1.54, 1.807) is 12.1 Å². The van der Waals surface area contributed by atoms with E-state index >= 15 is 0 Å². The molecule has 5 heteroatoms. The van der Waals surface area contributed by atoms with Crippen LogP contribution in [0, 0.1) is 0 Å². The Morgan fingerprint density at radius 3 is 2.79 bits per heavy atom. The zero-order valence-corrected chi connectivity index (χ0v) is 12.0. The lowest BCUT2D eigenvalue weighted by molar-refractivity contribution is 0.146. The first-order valence-corrected chi connectivity index (χ1v) is 6.78. The highest BCUT2D eigenvalue weighted by molar-refractivity contribution is 9.10. The summed E-state index contributed by atoms with van der Waals surface area (Å²) in [5.41, 5.74) is 2.00. The average molecular weight is 321 g/mol. The smallest absolute Gasteiger partial charge is 0.169 e. The number of rotatable bonds is 3. The van der Waals surface area contributed by atoms with Crippen LogP contribution in [0.5, 0.6) is 0 Å². The minimum absolute atomic E-state index is 0.422. The highest BCUT2D eigenvalue weighted by Crippen LogP contribution is 2.24. The van der Waals surface area contributed by atoms with Crippen LogP contribution in [0.4, 0.5) is 0 Å². The summed E-state index contributed by atoms with van der Waals surface area (Å²) in [6, 6.07) is 11.5. The molecule has 0 aliphatic carbocycles. The van der Waals surface area contributed by atoms with E-state index in [1.807, 2.05) is 35.9 Å². The molecule has 0 fully saturated rings. The fourth-order valence-electron chi connectivity index (χ4n) is 2.16. The van der Waals surface area contributed by atoms with Crippen molar-refractivity contribution in [3.8, 4) is 0 Å². The topological polar surface area (TPSA) is 51.2 Å². The maximum Gasteiger partial charge on any atom is 0.169 e. The SMILES string of the molecule is Cn1c(CC(O)c2ccc(Br)o2)nc2ccccc21. The highest BCUT2D eigenvalue weighted by atomic mass is 79.9. The summed E-state index contributed by atoms with van der Waals surface area (Å²) in [6.07, 6.45) is -0.271. The van der Waals surface area contributed by atoms with Crippen LogP contribution >= 0.6 is 15.9 Å². The second kappa shape index (κ2) is 4.83. The van der Waals surface area contributed by atoms with Gasteiger partial charge in [0, 0.05) is 13.5 Å². The normalized spacial score (nSPS) is 13.0. The summed E-state index contributed by atoms with van der Waals surface area (Å²) in [5, 5.41) is 10.2. The molecule has 0 saturated carbocycles. The van der Waals surface area contributed by atoms with E-state index < -0.39 is 6.10 Å². The van der Waals surface area contributed by atoms with Gasteiger partial charge in [-0.15, -0.1) is 0 Å². The van der Waals surface area contributed by atoms with E-state index in [4.69, 9.17) is 4.42 Å². The number of aromatic nitrogens is 2. The van der Waals surface area contributed by atoms with Crippen molar-refractivity contribution in [2.24, 2.45) is 7.05 Å². The molecular weight excluding hydrogens is 308 g/mol. The van der Waals surface area contributed by atoms with Crippen LogP contribution in [-0.4, -0.2) is 14.7 Å². The molecule has 2 aromatic heterocycles. The van der Waals surface area contributed by atoms with Crippen molar-refractivity contribution < 1.29 is 9.52 Å². The van der Waals surface area contributed by atoms with Crippen molar-refractivity contribution in [1.82, 2.24) is 9.55 Å². The van der Waals surface area contributed by atoms with Gasteiger partial charge in [-0.05, 0) is 40.2 Å². The fourth-order valence-corrected chi connectivity index (χ4v) is 2.48. The lowest BCUT2D eigenvalue weighted by Gasteiger charge is -2.07. The quantitative estimate of drug-likeness (QED) is 0.806. The van der Waals surface area contributed by atoms with Gasteiger partial charge in [0.15, 0.2) is 4.67 Å². The summed E-state index contributed by atoms with van der Waals surface area (Å²) in [6.45, 7) is 0. The van der Waals surface area contributed by atoms with Crippen LogP contribution in [0.1, 0.15) is 17.7 Å². The minimum atomic E-state index is -0.693. The number of aryl methyl sites for hydroxylation is 1. The predicted molar refractivity (Wildman–Crippen MR) is 75.8 cm³/mol. The van der Waals surface area contributed by atoms with E-state index in [-0.39, 0.29) is 0 Å². The number of aliphatic hydroxyl groups is 1.